The predicted octanol–water partition coefficient (Wildman–Crippen LogP) is 1.24. The lowest BCUT2D eigenvalue weighted by Gasteiger charge is -2.11. The van der Waals surface area contributed by atoms with Crippen molar-refractivity contribution in [2.24, 2.45) is 0 Å². The van der Waals surface area contributed by atoms with Crippen LogP contribution in [0.15, 0.2) is 43.0 Å². The first-order valence-corrected chi connectivity index (χ1v) is 10.1. The molecule has 144 valence electrons. The predicted molar refractivity (Wildman–Crippen MR) is 98.1 cm³/mol. The van der Waals surface area contributed by atoms with E-state index >= 15 is 0 Å². The maximum absolute atomic E-state index is 12.0. The van der Waals surface area contributed by atoms with Crippen molar-refractivity contribution in [3.63, 3.8) is 0 Å². The van der Waals surface area contributed by atoms with E-state index < -0.39 is 34.4 Å². The SMILES string of the molecule is C=CCOC(C)C(=O)OCC(=O)NCCCS(=O)(=O)Cc1ccccc1. The highest BCUT2D eigenvalue weighted by molar-refractivity contribution is 7.90. The Bertz CT molecular complexity index is 687. The van der Waals surface area contributed by atoms with Gasteiger partial charge < -0.3 is 14.8 Å². The highest BCUT2D eigenvalue weighted by Crippen LogP contribution is 2.06. The van der Waals surface area contributed by atoms with E-state index in [0.29, 0.717) is 0 Å². The molecule has 0 aromatic heterocycles. The second-order valence-corrected chi connectivity index (χ2v) is 7.84. The third-order valence-electron chi connectivity index (χ3n) is 3.33. The van der Waals surface area contributed by atoms with E-state index in [1.54, 1.807) is 24.3 Å². The molecule has 1 unspecified atom stereocenters. The molecule has 7 nitrogen and oxygen atoms in total. The van der Waals surface area contributed by atoms with Gasteiger partial charge in [-0.2, -0.15) is 0 Å². The van der Waals surface area contributed by atoms with Gasteiger partial charge in [0.1, 0.15) is 0 Å². The fourth-order valence-electron chi connectivity index (χ4n) is 2.01. The fraction of sp³-hybridized carbons (Fsp3) is 0.444. The molecule has 1 N–H and O–H groups in total. The molecule has 1 aromatic rings. The zero-order chi connectivity index (χ0) is 19.4. The molecule has 0 spiro atoms. The highest BCUT2D eigenvalue weighted by Gasteiger charge is 2.16. The molecule has 0 fully saturated rings. The van der Waals surface area contributed by atoms with E-state index in [1.165, 1.54) is 13.0 Å². The Hall–Kier alpha value is -2.19. The van der Waals surface area contributed by atoms with E-state index in [9.17, 15) is 18.0 Å². The quantitative estimate of drug-likeness (QED) is 0.331. The smallest absolute Gasteiger partial charge is 0.335 e. The van der Waals surface area contributed by atoms with Crippen molar-refractivity contribution in [1.29, 1.82) is 0 Å². The number of benzene rings is 1. The fourth-order valence-corrected chi connectivity index (χ4v) is 3.43. The Kier molecular flexibility index (Phi) is 9.61. The Labute approximate surface area is 154 Å². The van der Waals surface area contributed by atoms with Crippen molar-refractivity contribution in [3.05, 3.63) is 48.6 Å². The van der Waals surface area contributed by atoms with Crippen molar-refractivity contribution in [2.45, 2.75) is 25.2 Å². The minimum absolute atomic E-state index is 0.0258. The molecule has 1 aromatic carbocycles. The van der Waals surface area contributed by atoms with E-state index in [-0.39, 0.29) is 31.1 Å². The van der Waals surface area contributed by atoms with Gasteiger partial charge in [0.2, 0.25) is 0 Å². The van der Waals surface area contributed by atoms with Crippen LogP contribution in [0.5, 0.6) is 0 Å². The second kappa shape index (κ2) is 11.4. The molecule has 0 aliphatic heterocycles. The first kappa shape index (κ1) is 21.9. The Morgan fingerprint density at radius 1 is 1.27 bits per heavy atom. The maximum Gasteiger partial charge on any atom is 0.335 e. The van der Waals surface area contributed by atoms with E-state index in [1.807, 2.05) is 6.07 Å². The van der Waals surface area contributed by atoms with Crippen molar-refractivity contribution in [3.8, 4) is 0 Å². The summed E-state index contributed by atoms with van der Waals surface area (Å²) < 4.78 is 33.9. The average molecular weight is 383 g/mol. The Morgan fingerprint density at radius 3 is 2.62 bits per heavy atom. The summed E-state index contributed by atoms with van der Waals surface area (Å²) in [5.41, 5.74) is 0.733. The number of hydrogen-bond acceptors (Lipinski definition) is 6. The van der Waals surface area contributed by atoms with Crippen molar-refractivity contribution in [2.75, 3.05) is 25.5 Å². The number of carbonyl (C=O) groups excluding carboxylic acids is 2. The van der Waals surface area contributed by atoms with E-state index in [2.05, 4.69) is 11.9 Å². The summed E-state index contributed by atoms with van der Waals surface area (Å²) in [5, 5.41) is 2.52. The third-order valence-corrected chi connectivity index (χ3v) is 5.01. The molecular weight excluding hydrogens is 358 g/mol. The van der Waals surface area contributed by atoms with Crippen LogP contribution >= 0.6 is 0 Å². The molecule has 0 radical (unpaired) electrons. The molecule has 1 atom stereocenters. The van der Waals surface area contributed by atoms with Crippen molar-refractivity contribution < 1.29 is 27.5 Å². The average Bonchev–Trinajstić information content (AvgIpc) is 2.61. The number of esters is 1. The largest absolute Gasteiger partial charge is 0.454 e. The molecule has 0 saturated carbocycles. The van der Waals surface area contributed by atoms with Gasteiger partial charge in [-0.05, 0) is 18.9 Å². The summed E-state index contributed by atoms with van der Waals surface area (Å²) in [6.45, 7) is 4.94. The maximum atomic E-state index is 12.0. The first-order valence-electron chi connectivity index (χ1n) is 8.24. The van der Waals surface area contributed by atoms with E-state index in [4.69, 9.17) is 9.47 Å². The summed E-state index contributed by atoms with van der Waals surface area (Å²) in [5.74, 6) is -1.20. The topological polar surface area (TPSA) is 98.8 Å². The molecule has 0 saturated heterocycles. The van der Waals surface area contributed by atoms with Crippen LogP contribution in [0.1, 0.15) is 18.9 Å². The van der Waals surface area contributed by atoms with Crippen LogP contribution in [0.2, 0.25) is 0 Å². The number of rotatable bonds is 12. The molecule has 8 heteroatoms. The van der Waals surface area contributed by atoms with Gasteiger partial charge in [0.25, 0.3) is 5.91 Å². The van der Waals surface area contributed by atoms with Crippen molar-refractivity contribution in [1.82, 2.24) is 5.32 Å². The lowest BCUT2D eigenvalue weighted by atomic mass is 10.2. The molecular formula is C18H25NO6S. The minimum Gasteiger partial charge on any atom is -0.454 e. The van der Waals surface area contributed by atoms with Gasteiger partial charge in [-0.1, -0.05) is 36.4 Å². The van der Waals surface area contributed by atoms with E-state index in [0.717, 1.165) is 5.56 Å². The van der Waals surface area contributed by atoms with Crippen LogP contribution in [0, 0.1) is 0 Å². The third kappa shape index (κ3) is 9.33. The zero-order valence-corrected chi connectivity index (χ0v) is 15.7. The van der Waals surface area contributed by atoms with Gasteiger partial charge >= 0.3 is 5.97 Å². The highest BCUT2D eigenvalue weighted by atomic mass is 32.2. The van der Waals surface area contributed by atoms with Crippen LogP contribution in [-0.4, -0.2) is 51.9 Å². The van der Waals surface area contributed by atoms with Gasteiger partial charge in [-0.25, -0.2) is 13.2 Å². The standard InChI is InChI=1S/C18H25NO6S/c1-3-11-24-15(2)18(21)25-13-17(20)19-10-7-12-26(22,23)14-16-8-5-4-6-9-16/h3-6,8-9,15H,1,7,10-14H2,2H3,(H,19,20). The van der Waals surface area contributed by atoms with Crippen LogP contribution in [0.4, 0.5) is 0 Å². The molecule has 0 heterocycles. The van der Waals surface area contributed by atoms with Crippen LogP contribution in [0.25, 0.3) is 0 Å². The molecule has 0 bridgehead atoms. The Morgan fingerprint density at radius 2 is 1.96 bits per heavy atom. The number of nitrogens with one attached hydrogen (secondary N) is 1. The van der Waals surface area contributed by atoms with Gasteiger partial charge in [-0.15, -0.1) is 6.58 Å². The van der Waals surface area contributed by atoms with Gasteiger partial charge in [0.05, 0.1) is 18.1 Å². The lowest BCUT2D eigenvalue weighted by molar-refractivity contribution is -0.158. The van der Waals surface area contributed by atoms with Gasteiger partial charge in [0, 0.05) is 6.54 Å². The summed E-state index contributed by atoms with van der Waals surface area (Å²) in [4.78, 5) is 23.2. The number of carbonyl (C=O) groups is 2. The number of hydrogen-bond donors (Lipinski definition) is 1. The number of ether oxygens (including phenoxy) is 2. The lowest BCUT2D eigenvalue weighted by Crippen LogP contribution is -2.33. The molecule has 26 heavy (non-hydrogen) atoms. The Balaban J connectivity index is 2.21. The first-order chi connectivity index (χ1) is 12.3. The summed E-state index contributed by atoms with van der Waals surface area (Å²) in [6, 6.07) is 8.91. The van der Waals surface area contributed by atoms with Crippen molar-refractivity contribution >= 4 is 21.7 Å². The molecule has 0 aliphatic carbocycles. The monoisotopic (exact) mass is 383 g/mol. The van der Waals surface area contributed by atoms with Crippen LogP contribution in [-0.2, 0) is 34.7 Å². The van der Waals surface area contributed by atoms with Gasteiger partial charge in [-0.3, -0.25) is 4.79 Å². The number of amides is 1. The molecule has 1 rings (SSSR count). The van der Waals surface area contributed by atoms with Crippen LogP contribution < -0.4 is 5.32 Å². The number of sulfone groups is 1. The summed E-state index contributed by atoms with van der Waals surface area (Å²) in [7, 11) is -3.24. The normalized spacial score (nSPS) is 12.2. The molecule has 0 aliphatic rings. The second-order valence-electron chi connectivity index (χ2n) is 5.65. The van der Waals surface area contributed by atoms with Crippen LogP contribution in [0.3, 0.4) is 0 Å². The zero-order valence-electron chi connectivity index (χ0n) is 14.8. The molecule has 1 amide bonds. The van der Waals surface area contributed by atoms with Gasteiger partial charge in [0.15, 0.2) is 22.5 Å². The summed E-state index contributed by atoms with van der Waals surface area (Å²) >= 11 is 0. The minimum atomic E-state index is -3.24. The summed E-state index contributed by atoms with van der Waals surface area (Å²) in [6.07, 6.45) is 1.000.